The first-order valence-corrected chi connectivity index (χ1v) is 48.1. The number of pyridine rings is 12. The van der Waals surface area contributed by atoms with Crippen molar-refractivity contribution in [3.63, 3.8) is 0 Å². The van der Waals surface area contributed by atoms with Crippen LogP contribution in [-0.4, -0.2) is 77.4 Å². The number of hydrogen-bond donors (Lipinski definition) is 0. The monoisotopic (exact) mass is 1780 g/mol. The summed E-state index contributed by atoms with van der Waals surface area (Å²) in [5.41, 5.74) is 60.8. The molecule has 16 nitrogen and oxygen atoms in total. The van der Waals surface area contributed by atoms with Gasteiger partial charge in [0.05, 0.1) is 116 Å². The van der Waals surface area contributed by atoms with Gasteiger partial charge in [-0.1, -0.05) is 176 Å². The maximum absolute atomic E-state index is 5.15. The highest BCUT2D eigenvalue weighted by Gasteiger charge is 2.37. The summed E-state index contributed by atoms with van der Waals surface area (Å²) >= 11 is 0. The number of rotatable bonds is 0. The Balaban J connectivity index is 0.0000000829. The van der Waals surface area contributed by atoms with Gasteiger partial charge in [-0.05, 0) is 318 Å². The molecule has 12 aromatic carbocycles. The molecule has 16 aromatic heterocycles. The fourth-order valence-electron chi connectivity index (χ4n) is 26.2. The molecule has 0 fully saturated rings. The van der Waals surface area contributed by atoms with Crippen molar-refractivity contribution in [3.05, 3.63) is 431 Å². The summed E-state index contributed by atoms with van der Waals surface area (Å²) in [4.78, 5) is 56.0. The Morgan fingerprint density at radius 3 is 0.886 bits per heavy atom. The molecule has 0 saturated carbocycles. The van der Waals surface area contributed by atoms with E-state index >= 15 is 0 Å². The van der Waals surface area contributed by atoms with Crippen LogP contribution in [0.2, 0.25) is 0 Å². The van der Waals surface area contributed by atoms with Gasteiger partial charge in [-0.15, -0.1) is 0 Å². The molecule has 36 rings (SSSR count). The second-order valence-electron chi connectivity index (χ2n) is 38.8. The first kappa shape index (κ1) is 75.1. The van der Waals surface area contributed by atoms with Gasteiger partial charge in [0.2, 0.25) is 0 Å². The molecule has 0 atom stereocenters. The van der Waals surface area contributed by atoms with E-state index in [4.69, 9.17) is 19.9 Å². The Bertz CT molecular complexity index is 10300. The molecule has 0 aliphatic heterocycles. The lowest BCUT2D eigenvalue weighted by atomic mass is 9.93. The van der Waals surface area contributed by atoms with E-state index in [1.807, 2.05) is 123 Å². The van der Waals surface area contributed by atoms with Gasteiger partial charge in [0.1, 0.15) is 22.6 Å². The Kier molecular flexibility index (Phi) is 14.9. The summed E-state index contributed by atoms with van der Waals surface area (Å²) in [6, 6.07) is 89.4. The third-order valence-corrected chi connectivity index (χ3v) is 32.0. The van der Waals surface area contributed by atoms with Gasteiger partial charge < -0.3 is 0 Å². The zero-order valence-corrected chi connectivity index (χ0v) is 75.1. The smallest absolute Gasteiger partial charge is 0.147 e. The van der Waals surface area contributed by atoms with E-state index in [9.17, 15) is 0 Å². The molecule has 0 unspecified atom stereocenters. The first-order chi connectivity index (χ1) is 69.4. The molecule has 0 spiro atoms. The van der Waals surface area contributed by atoms with E-state index in [0.717, 1.165) is 140 Å². The average molecular weight is 1790 g/mol. The lowest BCUT2D eigenvalue weighted by molar-refractivity contribution is 1.16. The lowest BCUT2D eigenvalue weighted by Crippen LogP contribution is -1.95. The molecular weight excluding hydrogens is 1710 g/mol. The van der Waals surface area contributed by atoms with Crippen LogP contribution in [0.4, 0.5) is 0 Å². The van der Waals surface area contributed by atoms with Crippen molar-refractivity contribution in [2.24, 2.45) is 0 Å². The van der Waals surface area contributed by atoms with E-state index in [0.29, 0.717) is 0 Å². The molecule has 16 heteroatoms. The molecule has 0 saturated heterocycles. The Labute approximate surface area is 796 Å². The highest BCUT2D eigenvalue weighted by molar-refractivity contribution is 6.25. The van der Waals surface area contributed by atoms with Crippen molar-refractivity contribution in [3.8, 4) is 89.0 Å². The zero-order valence-electron chi connectivity index (χ0n) is 75.1. The highest BCUT2D eigenvalue weighted by atomic mass is 15.1. The van der Waals surface area contributed by atoms with Crippen LogP contribution in [0.5, 0.6) is 0 Å². The quantitative estimate of drug-likeness (QED) is 0.132. The van der Waals surface area contributed by atoms with Crippen molar-refractivity contribution in [2.45, 2.75) is 51.4 Å². The molecule has 648 valence electrons. The summed E-state index contributed by atoms with van der Waals surface area (Å²) in [7, 11) is 0. The number of fused-ring (bicyclic) bond motifs is 62. The minimum atomic E-state index is 0.955. The van der Waals surface area contributed by atoms with Gasteiger partial charge in [-0.3, -0.25) is 57.5 Å². The maximum Gasteiger partial charge on any atom is 0.147 e. The van der Waals surface area contributed by atoms with Gasteiger partial charge >= 0.3 is 0 Å². The Morgan fingerprint density at radius 1 is 0.164 bits per heavy atom. The van der Waals surface area contributed by atoms with Crippen LogP contribution in [0.25, 0.3) is 242 Å². The van der Waals surface area contributed by atoms with Crippen LogP contribution in [0, 0.1) is 0 Å². The van der Waals surface area contributed by atoms with Crippen molar-refractivity contribution in [2.75, 3.05) is 0 Å². The van der Waals surface area contributed by atoms with E-state index in [2.05, 4.69) is 276 Å². The fourth-order valence-corrected chi connectivity index (χ4v) is 26.2. The second kappa shape index (κ2) is 27.7. The van der Waals surface area contributed by atoms with E-state index < -0.39 is 0 Å². The van der Waals surface area contributed by atoms with Crippen LogP contribution in [0.3, 0.4) is 0 Å². The van der Waals surface area contributed by atoms with Crippen molar-refractivity contribution < 1.29 is 0 Å². The molecule has 0 amide bonds. The molecule has 28 aromatic rings. The summed E-state index contributed by atoms with van der Waals surface area (Å²) in [5.74, 6) is 0. The molecule has 0 N–H and O–H groups in total. The minimum Gasteiger partial charge on any atom is -0.289 e. The van der Waals surface area contributed by atoms with Crippen molar-refractivity contribution in [1.82, 2.24) is 77.4 Å². The predicted octanol–water partition coefficient (Wildman–Crippen LogP) is 26.9. The molecular formula is C124H72N16. The summed E-state index contributed by atoms with van der Waals surface area (Å²) in [6.07, 6.45) is 38.2. The normalized spacial score (nSPS) is 13.5. The van der Waals surface area contributed by atoms with E-state index in [1.54, 1.807) is 0 Å². The fraction of sp³-hybridized carbons (Fsp3) is 0.0645. The SMILES string of the molecule is c1ccc2c(c1)Cc1c-2ccc2c1Cc1ccc3c4ccncc4n4c5cnccc5nc4c3c1-2.c1ccc2c(c1)Cc1cc3c(cc1-2)-c1c(ccc2c4ccncc4n4c5cnccc5nc4c12)C3.c1ccc2c(c1)Cc1cc3c(cc1-2)Cc1ccc2c4ccncc4n4c5cnccc5nc4c2c1-3.c1ccc2c(c1)Cc1ccc3c(c1-2)Cc1ccc2c4ccncc4n4c5cnccc5nc4c2c1-3. The topological polar surface area (TPSA) is 172 Å². The van der Waals surface area contributed by atoms with Crippen molar-refractivity contribution >= 4 is 153 Å². The largest absolute Gasteiger partial charge is 0.289 e. The summed E-state index contributed by atoms with van der Waals surface area (Å²) in [5, 5.41) is 14.6. The number of aromatic nitrogens is 16. The molecule has 0 bridgehead atoms. The highest BCUT2D eigenvalue weighted by Crippen LogP contribution is 2.57. The Hall–Kier alpha value is -18.3. The molecule has 8 aliphatic rings. The summed E-state index contributed by atoms with van der Waals surface area (Å²) < 4.78 is 8.98. The standard InChI is InChI=1S/4C31H18N4/c1-2-4-20-17(3-1)13-18-5-8-23-24(28(18)20)14-19-6-7-22-21-9-11-32-15-26(21)35-27-16-33-12-10-25(27)34-31(35)30(22)29(19)23;1-2-4-21-17(3-1)11-19-14-25-20(13-24(19)21)12-18-5-6-23-22-7-9-32-15-27(22)35-28-16-33-10-8-26(28)34-31(35)30(23)29(18)25;1-2-4-21-17(3-1)11-19-13-20-12-18-5-6-23-22-7-9-32-15-27(22)35-28-16-33-10-8-26(28)34-31(35)30(23)29(18)25(20)14-24(19)21;1-2-4-19-17(3-1)13-24-20(19)7-8-23-25(24)14-18-5-6-22-21-9-11-32-15-27(21)35-28-16-33-12-10-26(28)34-31(35)30(22)29(18)23/h1-12,15-16H,13-14H2;2*1-10,13-16H,11-12H2;1-12,15-16H,13-14H2. The van der Waals surface area contributed by atoms with Crippen LogP contribution < -0.4 is 0 Å². The average Bonchev–Trinajstić information content (AvgIpc) is 1.55. The molecule has 8 aliphatic carbocycles. The van der Waals surface area contributed by atoms with E-state index in [-0.39, 0.29) is 0 Å². The third kappa shape index (κ3) is 10.2. The van der Waals surface area contributed by atoms with Gasteiger partial charge in [-0.25, -0.2) is 19.9 Å². The molecule has 140 heavy (non-hydrogen) atoms. The number of benzene rings is 12. The van der Waals surface area contributed by atoms with Gasteiger partial charge in [0.15, 0.2) is 0 Å². The van der Waals surface area contributed by atoms with E-state index in [1.165, 1.54) is 243 Å². The van der Waals surface area contributed by atoms with Gasteiger partial charge in [-0.2, -0.15) is 0 Å². The van der Waals surface area contributed by atoms with Crippen LogP contribution in [0.1, 0.15) is 89.0 Å². The minimum absolute atomic E-state index is 0.955. The van der Waals surface area contributed by atoms with Gasteiger partial charge in [0.25, 0.3) is 0 Å². The lowest BCUT2D eigenvalue weighted by Gasteiger charge is -2.13. The predicted molar refractivity (Wildman–Crippen MR) is 559 cm³/mol. The second-order valence-corrected chi connectivity index (χ2v) is 38.8. The number of nitrogens with zero attached hydrogens (tertiary/aromatic N) is 16. The molecule has 16 heterocycles. The first-order valence-electron chi connectivity index (χ1n) is 48.1. The third-order valence-electron chi connectivity index (χ3n) is 32.0. The van der Waals surface area contributed by atoms with Crippen LogP contribution >= 0.6 is 0 Å². The van der Waals surface area contributed by atoms with Crippen LogP contribution in [-0.2, 0) is 51.4 Å². The number of imidazole rings is 4. The Morgan fingerprint density at radius 2 is 0.436 bits per heavy atom. The summed E-state index contributed by atoms with van der Waals surface area (Å²) in [6.45, 7) is 0. The molecule has 0 radical (unpaired) electrons. The van der Waals surface area contributed by atoms with Crippen LogP contribution in [0.15, 0.2) is 342 Å². The van der Waals surface area contributed by atoms with Gasteiger partial charge in [0, 0.05) is 92.7 Å². The number of hydrogen-bond acceptors (Lipinski definition) is 12. The van der Waals surface area contributed by atoms with Crippen molar-refractivity contribution in [1.29, 1.82) is 0 Å². The zero-order chi connectivity index (χ0) is 90.7. The maximum atomic E-state index is 5.15.